The van der Waals surface area contributed by atoms with Gasteiger partial charge < -0.3 is 9.67 Å². The van der Waals surface area contributed by atoms with Gasteiger partial charge in [-0.1, -0.05) is 0 Å². The molecule has 1 rings (SSSR count). The summed E-state index contributed by atoms with van der Waals surface area (Å²) in [5.74, 6) is 0. The quantitative estimate of drug-likeness (QED) is 0.656. The third kappa shape index (κ3) is 2.35. The molecule has 1 aromatic heterocycles. The molecule has 0 saturated carbocycles. The molecular formula is C8H14N2O. The van der Waals surface area contributed by atoms with Crippen LogP contribution < -0.4 is 0 Å². The van der Waals surface area contributed by atoms with Gasteiger partial charge in [0.05, 0.1) is 6.33 Å². The molecule has 0 amide bonds. The molecule has 3 heteroatoms. The number of aryl methyl sites for hydroxylation is 2. The number of rotatable bonds is 4. The third-order valence-electron chi connectivity index (χ3n) is 1.73. The number of nitrogens with zero attached hydrogens (tertiary/aromatic N) is 2. The number of aliphatic hydroxyl groups is 1. The zero-order valence-corrected chi connectivity index (χ0v) is 6.82. The fourth-order valence-corrected chi connectivity index (χ4v) is 1.01. The lowest BCUT2D eigenvalue weighted by Crippen LogP contribution is -1.99. The third-order valence-corrected chi connectivity index (χ3v) is 1.73. The van der Waals surface area contributed by atoms with E-state index in [0.717, 1.165) is 19.4 Å². The van der Waals surface area contributed by atoms with Crippen LogP contribution in [0.15, 0.2) is 12.5 Å². The smallest absolute Gasteiger partial charge is 0.0948 e. The van der Waals surface area contributed by atoms with Gasteiger partial charge in [0.1, 0.15) is 0 Å². The molecule has 0 aliphatic carbocycles. The minimum absolute atomic E-state index is 0.285. The monoisotopic (exact) mass is 154 g/mol. The molecule has 0 saturated heterocycles. The molecule has 0 aliphatic heterocycles. The van der Waals surface area contributed by atoms with Crippen molar-refractivity contribution in [1.82, 2.24) is 9.55 Å². The summed E-state index contributed by atoms with van der Waals surface area (Å²) < 4.78 is 2.09. The molecule has 0 aliphatic rings. The summed E-state index contributed by atoms with van der Waals surface area (Å²) in [6, 6.07) is 0. The van der Waals surface area contributed by atoms with Gasteiger partial charge in [0.15, 0.2) is 0 Å². The molecule has 1 heterocycles. The van der Waals surface area contributed by atoms with E-state index in [1.165, 1.54) is 5.69 Å². The SMILES string of the molecule is Cc1cncn1CCCCO. The molecule has 0 bridgehead atoms. The second-order valence-corrected chi connectivity index (χ2v) is 2.66. The summed E-state index contributed by atoms with van der Waals surface area (Å²) >= 11 is 0. The van der Waals surface area contributed by atoms with E-state index >= 15 is 0 Å². The molecule has 0 spiro atoms. The van der Waals surface area contributed by atoms with Crippen LogP contribution in [0.4, 0.5) is 0 Å². The minimum Gasteiger partial charge on any atom is -0.396 e. The van der Waals surface area contributed by atoms with Crippen molar-refractivity contribution >= 4 is 0 Å². The summed E-state index contributed by atoms with van der Waals surface area (Å²) in [6.07, 6.45) is 5.57. The van der Waals surface area contributed by atoms with Crippen LogP contribution in [0.25, 0.3) is 0 Å². The van der Waals surface area contributed by atoms with Crippen molar-refractivity contribution in [1.29, 1.82) is 0 Å². The Morgan fingerprint density at radius 2 is 2.36 bits per heavy atom. The van der Waals surface area contributed by atoms with Crippen molar-refractivity contribution in [2.24, 2.45) is 0 Å². The highest BCUT2D eigenvalue weighted by atomic mass is 16.2. The Kier molecular flexibility index (Phi) is 3.11. The zero-order chi connectivity index (χ0) is 8.10. The first-order chi connectivity index (χ1) is 5.34. The van der Waals surface area contributed by atoms with Gasteiger partial charge in [0.2, 0.25) is 0 Å². The topological polar surface area (TPSA) is 38.0 Å². The number of imidazole rings is 1. The van der Waals surface area contributed by atoms with Crippen LogP contribution in [-0.2, 0) is 6.54 Å². The molecule has 62 valence electrons. The minimum atomic E-state index is 0.285. The van der Waals surface area contributed by atoms with Crippen molar-refractivity contribution < 1.29 is 5.11 Å². The van der Waals surface area contributed by atoms with Gasteiger partial charge in [-0.05, 0) is 19.8 Å². The van der Waals surface area contributed by atoms with Gasteiger partial charge in [0.25, 0.3) is 0 Å². The Labute approximate surface area is 66.7 Å². The van der Waals surface area contributed by atoms with Crippen LogP contribution in [0.1, 0.15) is 18.5 Å². The van der Waals surface area contributed by atoms with Crippen molar-refractivity contribution in [2.75, 3.05) is 6.61 Å². The van der Waals surface area contributed by atoms with E-state index in [0.29, 0.717) is 0 Å². The van der Waals surface area contributed by atoms with E-state index in [4.69, 9.17) is 5.11 Å². The van der Waals surface area contributed by atoms with Crippen molar-refractivity contribution in [3.63, 3.8) is 0 Å². The van der Waals surface area contributed by atoms with Gasteiger partial charge in [-0.3, -0.25) is 0 Å². The highest BCUT2D eigenvalue weighted by Gasteiger charge is 1.94. The number of aromatic nitrogens is 2. The Morgan fingerprint density at radius 3 is 2.91 bits per heavy atom. The lowest BCUT2D eigenvalue weighted by molar-refractivity contribution is 0.281. The van der Waals surface area contributed by atoms with E-state index < -0.39 is 0 Å². The fraction of sp³-hybridized carbons (Fsp3) is 0.625. The number of unbranched alkanes of at least 4 members (excludes halogenated alkanes) is 1. The first kappa shape index (κ1) is 8.27. The number of aliphatic hydroxyl groups excluding tert-OH is 1. The van der Waals surface area contributed by atoms with E-state index in [1.807, 2.05) is 19.4 Å². The van der Waals surface area contributed by atoms with Gasteiger partial charge in [-0.15, -0.1) is 0 Å². The predicted octanol–water partition coefficient (Wildman–Crippen LogP) is 0.964. The molecule has 0 unspecified atom stereocenters. The standard InChI is InChI=1S/C8H14N2O/c1-8-6-9-7-10(8)4-2-3-5-11/h6-7,11H,2-5H2,1H3. The molecular weight excluding hydrogens is 140 g/mol. The second kappa shape index (κ2) is 4.13. The highest BCUT2D eigenvalue weighted by Crippen LogP contribution is 1.99. The average molecular weight is 154 g/mol. The number of hydrogen-bond acceptors (Lipinski definition) is 2. The summed E-state index contributed by atoms with van der Waals surface area (Å²) in [5, 5.41) is 8.54. The van der Waals surface area contributed by atoms with Crippen LogP contribution in [-0.4, -0.2) is 21.3 Å². The maximum atomic E-state index is 8.54. The average Bonchev–Trinajstić information content (AvgIpc) is 2.37. The summed E-state index contributed by atoms with van der Waals surface area (Å²) in [6.45, 7) is 3.28. The maximum absolute atomic E-state index is 8.54. The molecule has 0 atom stereocenters. The molecule has 0 radical (unpaired) electrons. The van der Waals surface area contributed by atoms with Crippen LogP contribution >= 0.6 is 0 Å². The zero-order valence-electron chi connectivity index (χ0n) is 6.82. The first-order valence-corrected chi connectivity index (χ1v) is 3.92. The Hall–Kier alpha value is -0.830. The van der Waals surface area contributed by atoms with E-state index in [2.05, 4.69) is 9.55 Å². The first-order valence-electron chi connectivity index (χ1n) is 3.92. The lowest BCUT2D eigenvalue weighted by atomic mass is 10.3. The van der Waals surface area contributed by atoms with Crippen LogP contribution in [0.5, 0.6) is 0 Å². The van der Waals surface area contributed by atoms with E-state index in [1.54, 1.807) is 0 Å². The predicted molar refractivity (Wildman–Crippen MR) is 43.3 cm³/mol. The Bertz CT molecular complexity index is 208. The van der Waals surface area contributed by atoms with Crippen molar-refractivity contribution in [2.45, 2.75) is 26.3 Å². The van der Waals surface area contributed by atoms with Gasteiger partial charge in [0, 0.05) is 25.0 Å². The number of hydrogen-bond donors (Lipinski definition) is 1. The van der Waals surface area contributed by atoms with E-state index in [-0.39, 0.29) is 6.61 Å². The molecule has 0 fully saturated rings. The second-order valence-electron chi connectivity index (χ2n) is 2.66. The van der Waals surface area contributed by atoms with Gasteiger partial charge >= 0.3 is 0 Å². The highest BCUT2D eigenvalue weighted by molar-refractivity contribution is 4.93. The normalized spacial score (nSPS) is 10.4. The largest absolute Gasteiger partial charge is 0.396 e. The lowest BCUT2D eigenvalue weighted by Gasteiger charge is -2.02. The van der Waals surface area contributed by atoms with Crippen molar-refractivity contribution in [3.8, 4) is 0 Å². The molecule has 1 aromatic rings. The Balaban J connectivity index is 2.32. The summed E-state index contributed by atoms with van der Waals surface area (Å²) in [7, 11) is 0. The van der Waals surface area contributed by atoms with Crippen LogP contribution in [0, 0.1) is 6.92 Å². The van der Waals surface area contributed by atoms with Crippen LogP contribution in [0.2, 0.25) is 0 Å². The fourth-order valence-electron chi connectivity index (χ4n) is 1.01. The molecule has 0 aromatic carbocycles. The summed E-state index contributed by atoms with van der Waals surface area (Å²) in [5.41, 5.74) is 1.18. The van der Waals surface area contributed by atoms with Crippen molar-refractivity contribution in [3.05, 3.63) is 18.2 Å². The van der Waals surface area contributed by atoms with Gasteiger partial charge in [-0.2, -0.15) is 0 Å². The van der Waals surface area contributed by atoms with Crippen LogP contribution in [0.3, 0.4) is 0 Å². The maximum Gasteiger partial charge on any atom is 0.0948 e. The van der Waals surface area contributed by atoms with Gasteiger partial charge in [-0.25, -0.2) is 4.98 Å². The molecule has 3 nitrogen and oxygen atoms in total. The molecule has 11 heavy (non-hydrogen) atoms. The Morgan fingerprint density at radius 1 is 1.55 bits per heavy atom. The van der Waals surface area contributed by atoms with E-state index in [9.17, 15) is 0 Å². The molecule has 1 N–H and O–H groups in total. The summed E-state index contributed by atoms with van der Waals surface area (Å²) in [4.78, 5) is 4.00.